The van der Waals surface area contributed by atoms with Gasteiger partial charge in [-0.15, -0.1) is 0 Å². The largest absolute Gasteiger partial charge is 0.478 e. The van der Waals surface area contributed by atoms with E-state index in [1.807, 2.05) is 0 Å². The molecule has 9 heavy (non-hydrogen) atoms. The quantitative estimate of drug-likeness (QED) is 0.382. The van der Waals surface area contributed by atoms with E-state index in [0.29, 0.717) is 0 Å². The molecule has 0 saturated carbocycles. The summed E-state index contributed by atoms with van der Waals surface area (Å²) in [6, 6.07) is 0. The van der Waals surface area contributed by atoms with E-state index in [2.05, 4.69) is 19.2 Å². The lowest BCUT2D eigenvalue weighted by molar-refractivity contribution is -0.131. The van der Waals surface area contributed by atoms with Crippen LogP contribution < -0.4 is 0 Å². The number of thiol groups is 1. The Kier molecular flexibility index (Phi) is 8.53. The van der Waals surface area contributed by atoms with Crippen molar-refractivity contribution in [3.05, 3.63) is 12.7 Å². The lowest BCUT2D eigenvalue weighted by Crippen LogP contribution is -1.82. The summed E-state index contributed by atoms with van der Waals surface area (Å²) >= 11 is 2.88. The van der Waals surface area contributed by atoms with Gasteiger partial charge in [-0.2, -0.15) is 0 Å². The first kappa shape index (κ1) is 10.9. The molecule has 0 atom stereocenters. The van der Waals surface area contributed by atoms with Gasteiger partial charge in [-0.05, 0) is 0 Å². The zero-order valence-corrected chi connectivity index (χ0v) is 5.34. The van der Waals surface area contributed by atoms with Crippen LogP contribution in [0.15, 0.2) is 12.7 Å². The third-order valence-corrected chi connectivity index (χ3v) is 0.175. The van der Waals surface area contributed by atoms with E-state index in [0.717, 1.165) is 6.08 Å². The van der Waals surface area contributed by atoms with Gasteiger partial charge in [0.2, 0.25) is 0 Å². The Hall–Kier alpha value is -0.970. The van der Waals surface area contributed by atoms with Crippen molar-refractivity contribution in [2.24, 2.45) is 0 Å². The lowest BCUT2D eigenvalue weighted by Gasteiger charge is -1.64. The Morgan fingerprint density at radius 3 is 1.56 bits per heavy atom. The van der Waals surface area contributed by atoms with E-state index in [1.165, 1.54) is 0 Å². The second-order valence-corrected chi connectivity index (χ2v) is 1.21. The van der Waals surface area contributed by atoms with E-state index >= 15 is 0 Å². The highest BCUT2D eigenvalue weighted by molar-refractivity contribution is 7.96. The second-order valence-electron chi connectivity index (χ2n) is 0.825. The molecule has 0 rings (SSSR count). The van der Waals surface area contributed by atoms with E-state index in [1.54, 1.807) is 0 Å². The van der Waals surface area contributed by atoms with Crippen LogP contribution in [0, 0.1) is 0 Å². The van der Waals surface area contributed by atoms with Gasteiger partial charge in [0.1, 0.15) is 0 Å². The number of carboxylic acids is 1. The molecular weight excluding hydrogens is 144 g/mol. The zero-order valence-electron chi connectivity index (χ0n) is 4.44. The number of hydrogen-bond acceptors (Lipinski definition) is 2. The molecule has 0 aromatic rings. The number of rotatable bonds is 1. The standard InChI is InChI=1S/C3H4O2.CH2O2S/c1-2-3(4)5;2-1(3)4/h2H,1H2,(H,4,5);4H,(H,2,3). The monoisotopic (exact) mass is 150 g/mol. The Labute approximate surface area is 57.2 Å². The third kappa shape index (κ3) is 168. The normalized spacial score (nSPS) is 6.33. The Bertz CT molecular complexity index is 116. The van der Waals surface area contributed by atoms with Gasteiger partial charge in [-0.25, -0.2) is 9.59 Å². The van der Waals surface area contributed by atoms with Gasteiger partial charge in [0.25, 0.3) is 0 Å². The minimum Gasteiger partial charge on any atom is -0.478 e. The summed E-state index contributed by atoms with van der Waals surface area (Å²) < 4.78 is 0. The van der Waals surface area contributed by atoms with Crippen LogP contribution in [0.1, 0.15) is 0 Å². The molecule has 0 aromatic carbocycles. The van der Waals surface area contributed by atoms with Gasteiger partial charge >= 0.3 is 11.3 Å². The van der Waals surface area contributed by atoms with E-state index < -0.39 is 11.3 Å². The van der Waals surface area contributed by atoms with Crippen molar-refractivity contribution in [1.29, 1.82) is 0 Å². The average molecular weight is 150 g/mol. The van der Waals surface area contributed by atoms with Gasteiger partial charge in [-0.1, -0.05) is 19.2 Å². The van der Waals surface area contributed by atoms with Crippen molar-refractivity contribution in [3.8, 4) is 0 Å². The molecule has 0 saturated heterocycles. The average Bonchev–Trinajstić information content (AvgIpc) is 1.65. The highest BCUT2D eigenvalue weighted by Gasteiger charge is 1.73. The van der Waals surface area contributed by atoms with Crippen LogP contribution in [0.2, 0.25) is 0 Å². The molecule has 0 radical (unpaired) electrons. The molecule has 2 N–H and O–H groups in total. The molecule has 0 heterocycles. The molecule has 0 amide bonds. The topological polar surface area (TPSA) is 74.6 Å². The molecule has 0 aromatic heterocycles. The van der Waals surface area contributed by atoms with Crippen molar-refractivity contribution in [2.75, 3.05) is 0 Å². The Balaban J connectivity index is 0. The smallest absolute Gasteiger partial charge is 0.361 e. The summed E-state index contributed by atoms with van der Waals surface area (Å²) in [5.74, 6) is -0.981. The van der Waals surface area contributed by atoms with Crippen molar-refractivity contribution in [1.82, 2.24) is 0 Å². The first-order valence-electron chi connectivity index (χ1n) is 1.78. The van der Waals surface area contributed by atoms with Crippen molar-refractivity contribution >= 4 is 23.9 Å². The highest BCUT2D eigenvalue weighted by atomic mass is 32.1. The maximum absolute atomic E-state index is 9.25. The van der Waals surface area contributed by atoms with Gasteiger partial charge in [0, 0.05) is 6.08 Å². The van der Waals surface area contributed by atoms with Crippen LogP contribution in [0.5, 0.6) is 0 Å². The molecule has 52 valence electrons. The van der Waals surface area contributed by atoms with Crippen LogP contribution >= 0.6 is 12.6 Å². The molecule has 0 fully saturated rings. The zero-order chi connectivity index (χ0) is 7.86. The van der Waals surface area contributed by atoms with Crippen LogP contribution in [-0.2, 0) is 4.79 Å². The molecule has 0 unspecified atom stereocenters. The summed E-state index contributed by atoms with van der Waals surface area (Å²) in [7, 11) is 0. The summed E-state index contributed by atoms with van der Waals surface area (Å²) in [6.07, 6.45) is 0.833. The fourth-order valence-electron chi connectivity index (χ4n) is 0. The minimum absolute atomic E-state index is 0.833. The molecule has 0 spiro atoms. The van der Waals surface area contributed by atoms with Gasteiger partial charge in [-0.3, -0.25) is 0 Å². The number of carboxylic acid groups (broad SMARTS) is 2. The van der Waals surface area contributed by atoms with Gasteiger partial charge in [0.05, 0.1) is 0 Å². The minimum atomic E-state index is -1.14. The summed E-state index contributed by atoms with van der Waals surface area (Å²) in [6.45, 7) is 2.96. The van der Waals surface area contributed by atoms with E-state index in [9.17, 15) is 4.79 Å². The van der Waals surface area contributed by atoms with Gasteiger partial charge < -0.3 is 10.2 Å². The van der Waals surface area contributed by atoms with Crippen molar-refractivity contribution in [2.45, 2.75) is 0 Å². The van der Waals surface area contributed by atoms with Crippen LogP contribution in [0.4, 0.5) is 4.79 Å². The fraction of sp³-hybridized carbons (Fsp3) is 0. The van der Waals surface area contributed by atoms with Crippen LogP contribution in [0.3, 0.4) is 0 Å². The fourth-order valence-corrected chi connectivity index (χ4v) is 0. The summed E-state index contributed by atoms with van der Waals surface area (Å²) in [4.78, 5) is 18.1. The maximum Gasteiger partial charge on any atom is 0.361 e. The van der Waals surface area contributed by atoms with Crippen molar-refractivity contribution < 1.29 is 19.8 Å². The van der Waals surface area contributed by atoms with Crippen LogP contribution in [-0.4, -0.2) is 21.5 Å². The maximum atomic E-state index is 9.25. The van der Waals surface area contributed by atoms with Gasteiger partial charge in [0.15, 0.2) is 0 Å². The highest BCUT2D eigenvalue weighted by Crippen LogP contribution is 1.66. The first-order valence-corrected chi connectivity index (χ1v) is 2.22. The Morgan fingerprint density at radius 1 is 1.44 bits per heavy atom. The molecular formula is C4H6O4S. The number of aliphatic carboxylic acids is 1. The predicted molar refractivity (Wildman–Crippen MR) is 34.8 cm³/mol. The number of carbonyl (C=O) groups is 2. The molecule has 0 bridgehead atoms. The molecule has 4 nitrogen and oxygen atoms in total. The second kappa shape index (κ2) is 7.03. The SMILES string of the molecule is C=CC(=O)O.O=C(O)S. The third-order valence-electron chi connectivity index (χ3n) is 0.175. The molecule has 0 aliphatic rings. The first-order chi connectivity index (χ1) is 4.00. The van der Waals surface area contributed by atoms with E-state index in [-0.39, 0.29) is 0 Å². The molecule has 0 aliphatic heterocycles. The predicted octanol–water partition coefficient (Wildman–Crippen LogP) is 0.851. The summed E-state index contributed by atoms with van der Waals surface area (Å²) in [5, 5.41) is 13.7. The molecule has 0 aliphatic carbocycles. The Morgan fingerprint density at radius 2 is 1.56 bits per heavy atom. The van der Waals surface area contributed by atoms with E-state index in [4.69, 9.17) is 15.0 Å². The molecule has 5 heteroatoms. The lowest BCUT2D eigenvalue weighted by atomic mass is 10.7. The van der Waals surface area contributed by atoms with Crippen LogP contribution in [0.25, 0.3) is 0 Å². The van der Waals surface area contributed by atoms with Crippen molar-refractivity contribution in [3.63, 3.8) is 0 Å². The number of hydrogen-bond donors (Lipinski definition) is 3. The summed E-state index contributed by atoms with van der Waals surface area (Å²) in [5.41, 5.74) is 0.